The Labute approximate surface area is 199 Å². The topological polar surface area (TPSA) is 315 Å². The minimum Gasteiger partial charge on any atom is -3.00 e. The van der Waals surface area contributed by atoms with Crippen molar-refractivity contribution in [2.24, 2.45) is 32.0 Å². The van der Waals surface area contributed by atoms with Crippen LogP contribution >= 0.6 is 0 Å². The van der Waals surface area contributed by atoms with Crippen molar-refractivity contribution in [2.45, 2.75) is 0 Å². The molecule has 0 N–H and O–H groups in total. The van der Waals surface area contributed by atoms with E-state index in [1.807, 2.05) is 0 Å². The van der Waals surface area contributed by atoms with E-state index in [2.05, 4.69) is 0 Å². The molecule has 0 aliphatic heterocycles. The first kappa shape index (κ1) is 67.3. The third kappa shape index (κ3) is 2990000. The van der Waals surface area contributed by atoms with E-state index in [-0.39, 0.29) is 109 Å². The first-order chi connectivity index (χ1) is 8.49. The molecular weight excluding hydrogens is 537 g/mol. The second kappa shape index (κ2) is 231. The molecule has 22 heteroatoms. The second-order valence-corrected chi connectivity index (χ2v) is 0.447. The van der Waals surface area contributed by atoms with Crippen molar-refractivity contribution >= 4 is 0 Å². The molecule has 0 bridgehead atoms. The Bertz CT molecular complexity index is 126. The normalized spacial score (nSPS) is 3.27. The van der Waals surface area contributed by atoms with Gasteiger partial charge in [0.25, 0.3) is 0 Å². The van der Waals surface area contributed by atoms with Gasteiger partial charge in [-0.1, -0.05) is 0 Å². The molecule has 120 valence electrons. The fourth-order valence-electron chi connectivity index (χ4n) is 0. The van der Waals surface area contributed by atoms with Gasteiger partial charge in [0.05, 0.1) is 0 Å². The Hall–Kier alpha value is 0.0494. The van der Waals surface area contributed by atoms with Gasteiger partial charge in [-0.3, -0.25) is 0 Å². The van der Waals surface area contributed by atoms with E-state index in [9.17, 15) is 0 Å². The number of rotatable bonds is 0. The van der Waals surface area contributed by atoms with Crippen molar-refractivity contribution in [3.8, 4) is 0 Å². The maximum absolute atomic E-state index is 8.00. The van der Waals surface area contributed by atoms with Gasteiger partial charge in [0, 0.05) is 0 Å². The van der Waals surface area contributed by atoms with E-state index in [0.717, 1.165) is 32.0 Å². The van der Waals surface area contributed by atoms with Crippen LogP contribution in [0.25, 0.3) is 0 Å². The molecule has 0 spiro atoms. The van der Waals surface area contributed by atoms with Crippen LogP contribution in [0.2, 0.25) is 0 Å². The summed E-state index contributed by atoms with van der Waals surface area (Å²) in [6.45, 7) is 0. The van der Waals surface area contributed by atoms with Crippen molar-refractivity contribution in [1.82, 2.24) is 0 Å². The van der Waals surface area contributed by atoms with Gasteiger partial charge < -0.3 is 80.8 Å². The molecule has 0 rings (SSSR count). The van der Waals surface area contributed by atoms with Crippen LogP contribution in [0.4, 0.5) is 0 Å². The van der Waals surface area contributed by atoms with Crippen molar-refractivity contribution < 1.29 is 109 Å². The smallest absolute Gasteiger partial charge is 1.00 e. The standard InChI is InChI=1S/Ir.6HNO2.3Na/c;6*2-1-3;;;/h;6*(H,2,3);;;/q-3;;;;;;;3*+1/p-6. The Balaban J connectivity index is -0.00000000947. The van der Waals surface area contributed by atoms with Gasteiger partial charge in [-0.25, -0.2) is 0 Å². The quantitative estimate of drug-likeness (QED) is 0.158. The molecule has 22 heavy (non-hydrogen) atoms. The molecule has 0 radical (unpaired) electrons. The molecule has 0 saturated heterocycles. The van der Waals surface area contributed by atoms with Crippen LogP contribution in [0.5, 0.6) is 0 Å². The second-order valence-electron chi connectivity index (χ2n) is 0.447. The Morgan fingerprint density at radius 3 is 0.364 bits per heavy atom. The fraction of sp³-hybridized carbons (Fsp3) is 0. The van der Waals surface area contributed by atoms with Crippen LogP contribution < -0.4 is 88.7 Å². The van der Waals surface area contributed by atoms with Crippen molar-refractivity contribution in [2.75, 3.05) is 0 Å². The van der Waals surface area contributed by atoms with Gasteiger partial charge in [0.2, 0.25) is 0 Å². The first-order valence-electron chi connectivity index (χ1n) is 2.19. The zero-order valence-corrected chi connectivity index (χ0v) is 19.3. The summed E-state index contributed by atoms with van der Waals surface area (Å²) in [7, 11) is 0. The number of hydrogen-bond acceptors (Lipinski definition) is 18. The molecule has 0 aromatic rings. The molecule has 0 heterocycles. The third-order valence-electron chi connectivity index (χ3n) is 0. The molecular formula is IrN6Na3O12-6. The molecule has 0 unspecified atom stereocenters. The summed E-state index contributed by atoms with van der Waals surface area (Å²) in [6.07, 6.45) is 0. The maximum Gasteiger partial charge on any atom is 1.00 e. The summed E-state index contributed by atoms with van der Waals surface area (Å²) in [4.78, 5) is 48.0. The molecule has 0 saturated carbocycles. The number of nitrogens with zero attached hydrogens (tertiary/aromatic N) is 6. The molecule has 0 aromatic heterocycles. The molecule has 0 aliphatic carbocycles. The largest absolute Gasteiger partial charge is 3.00 e. The van der Waals surface area contributed by atoms with E-state index in [1.54, 1.807) is 0 Å². The summed E-state index contributed by atoms with van der Waals surface area (Å²) in [5, 5.41) is 54.0. The SMILES string of the molecule is O=N[O-].O=N[O-].O=N[O-].O=N[O-].O=N[O-].O=N[O-].[Ir-3].[Na+].[Na+].[Na+]. The van der Waals surface area contributed by atoms with E-state index in [4.69, 9.17) is 60.7 Å². The van der Waals surface area contributed by atoms with Gasteiger partial charge in [-0.2, -0.15) is 0 Å². The van der Waals surface area contributed by atoms with E-state index in [0.29, 0.717) is 0 Å². The Morgan fingerprint density at radius 1 is 0.364 bits per heavy atom. The molecule has 0 aromatic carbocycles. The summed E-state index contributed by atoms with van der Waals surface area (Å²) < 4.78 is 0. The molecule has 0 aliphatic rings. The van der Waals surface area contributed by atoms with Crippen LogP contribution in [0.1, 0.15) is 0 Å². The molecule has 0 amide bonds. The van der Waals surface area contributed by atoms with Crippen LogP contribution in [-0.4, -0.2) is 0 Å². The molecule has 0 fully saturated rings. The van der Waals surface area contributed by atoms with E-state index >= 15 is 0 Å². The molecule has 18 nitrogen and oxygen atoms in total. The predicted octanol–water partition coefficient (Wildman–Crippen LogP) is -7.49. The van der Waals surface area contributed by atoms with Gasteiger partial charge in [-0.15, -0.1) is 32.0 Å². The van der Waals surface area contributed by atoms with Crippen molar-refractivity contribution in [3.05, 3.63) is 60.7 Å². The summed E-state index contributed by atoms with van der Waals surface area (Å²) in [6, 6.07) is 0. The van der Waals surface area contributed by atoms with Crippen LogP contribution in [0.3, 0.4) is 0 Å². The predicted molar refractivity (Wildman–Crippen MR) is 55.0 cm³/mol. The monoisotopic (exact) mass is 538 g/mol. The third-order valence-corrected chi connectivity index (χ3v) is 0. The zero-order chi connectivity index (χ0) is 16.2. The van der Waals surface area contributed by atoms with E-state index in [1.165, 1.54) is 0 Å². The minimum absolute atomic E-state index is 0. The van der Waals surface area contributed by atoms with Gasteiger partial charge in [-0.05, 0) is 0 Å². The van der Waals surface area contributed by atoms with Crippen molar-refractivity contribution in [3.63, 3.8) is 0 Å². The average molecular weight is 537 g/mol. The van der Waals surface area contributed by atoms with Crippen LogP contribution in [-0.2, 0) is 20.1 Å². The van der Waals surface area contributed by atoms with Gasteiger partial charge >= 0.3 is 88.7 Å². The maximum atomic E-state index is 8.00. The minimum atomic E-state index is 0. The Morgan fingerprint density at radius 2 is 0.364 bits per heavy atom. The van der Waals surface area contributed by atoms with Crippen molar-refractivity contribution in [1.29, 1.82) is 0 Å². The van der Waals surface area contributed by atoms with E-state index < -0.39 is 0 Å². The summed E-state index contributed by atoms with van der Waals surface area (Å²) >= 11 is 0. The average Bonchev–Trinajstić information content (AvgIpc) is 2.23. The zero-order valence-electron chi connectivity index (χ0n) is 10.9. The summed E-state index contributed by atoms with van der Waals surface area (Å²) in [5.41, 5.74) is 0. The van der Waals surface area contributed by atoms with Gasteiger partial charge in [0.15, 0.2) is 0 Å². The fourth-order valence-corrected chi connectivity index (χ4v) is 0. The first-order valence-corrected chi connectivity index (χ1v) is 2.19. The van der Waals surface area contributed by atoms with Crippen LogP contribution in [0, 0.1) is 60.7 Å². The Kier molecular flexibility index (Phi) is 707. The summed E-state index contributed by atoms with van der Waals surface area (Å²) in [5.74, 6) is 0. The van der Waals surface area contributed by atoms with Gasteiger partial charge in [0.1, 0.15) is 0 Å². The van der Waals surface area contributed by atoms with Crippen LogP contribution in [0.15, 0.2) is 32.0 Å². The number of hydrogen-bond donors (Lipinski definition) is 0. The molecule has 0 atom stereocenters.